The molecule has 0 saturated heterocycles. The zero-order valence-corrected chi connectivity index (χ0v) is 12.9. The van der Waals surface area contributed by atoms with Gasteiger partial charge in [-0.2, -0.15) is 0 Å². The van der Waals surface area contributed by atoms with Crippen molar-refractivity contribution >= 4 is 11.6 Å². The minimum absolute atomic E-state index is 0.0840. The molecule has 0 aromatic heterocycles. The summed E-state index contributed by atoms with van der Waals surface area (Å²) in [7, 11) is 2.04. The summed E-state index contributed by atoms with van der Waals surface area (Å²) in [6, 6.07) is 14.1. The van der Waals surface area contributed by atoms with Gasteiger partial charge in [0, 0.05) is 17.6 Å². The smallest absolute Gasteiger partial charge is 0.123 e. The lowest BCUT2D eigenvalue weighted by Crippen LogP contribution is -2.23. The quantitative estimate of drug-likeness (QED) is 0.874. The van der Waals surface area contributed by atoms with Gasteiger partial charge in [0.25, 0.3) is 0 Å². The molecule has 0 heterocycles. The fourth-order valence-electron chi connectivity index (χ4n) is 2.23. The van der Waals surface area contributed by atoms with Crippen LogP contribution in [0.1, 0.15) is 23.6 Å². The van der Waals surface area contributed by atoms with Crippen LogP contribution in [0.15, 0.2) is 48.5 Å². The van der Waals surface area contributed by atoms with Crippen molar-refractivity contribution in [3.8, 4) is 0 Å². The predicted molar refractivity (Wildman–Crippen MR) is 85.7 cm³/mol. The standard InChI is InChI=1S/C17H20ClFN2/c1-21(12-14-4-2-3-5-16(14)18)11-10-17(20)13-6-8-15(19)9-7-13/h2-9,17H,10-12,20H2,1H3. The molecule has 0 aliphatic carbocycles. The van der Waals surface area contributed by atoms with Gasteiger partial charge in [0.15, 0.2) is 0 Å². The Balaban J connectivity index is 1.85. The number of nitrogens with zero attached hydrogens (tertiary/aromatic N) is 1. The fraction of sp³-hybridized carbons (Fsp3) is 0.294. The molecule has 1 atom stereocenters. The van der Waals surface area contributed by atoms with Crippen LogP contribution in [0.3, 0.4) is 0 Å². The van der Waals surface area contributed by atoms with E-state index in [9.17, 15) is 4.39 Å². The second-order valence-corrected chi connectivity index (χ2v) is 5.68. The second-order valence-electron chi connectivity index (χ2n) is 5.28. The largest absolute Gasteiger partial charge is 0.324 e. The third-order valence-corrected chi connectivity index (χ3v) is 3.89. The molecule has 0 amide bonds. The number of hydrogen-bond donors (Lipinski definition) is 1. The van der Waals surface area contributed by atoms with Crippen molar-refractivity contribution in [3.63, 3.8) is 0 Å². The molecule has 2 rings (SSSR count). The Morgan fingerprint density at radius 3 is 2.48 bits per heavy atom. The third kappa shape index (κ3) is 4.81. The first kappa shape index (κ1) is 16.0. The molecule has 2 nitrogen and oxygen atoms in total. The minimum Gasteiger partial charge on any atom is -0.324 e. The van der Waals surface area contributed by atoms with Crippen molar-refractivity contribution < 1.29 is 4.39 Å². The topological polar surface area (TPSA) is 29.3 Å². The normalized spacial score (nSPS) is 12.6. The van der Waals surface area contributed by atoms with Crippen molar-refractivity contribution in [2.24, 2.45) is 5.73 Å². The second kappa shape index (κ2) is 7.55. The SMILES string of the molecule is CN(CCC(N)c1ccc(F)cc1)Cc1ccccc1Cl. The Labute approximate surface area is 130 Å². The average Bonchev–Trinajstić information content (AvgIpc) is 2.48. The number of benzene rings is 2. The van der Waals surface area contributed by atoms with Crippen LogP contribution in [0.4, 0.5) is 4.39 Å². The Hall–Kier alpha value is -1.42. The third-order valence-electron chi connectivity index (χ3n) is 3.52. The summed E-state index contributed by atoms with van der Waals surface area (Å²) in [5.74, 6) is -0.234. The van der Waals surface area contributed by atoms with Gasteiger partial charge in [-0.25, -0.2) is 4.39 Å². The van der Waals surface area contributed by atoms with Gasteiger partial charge in [-0.1, -0.05) is 41.9 Å². The molecule has 1 unspecified atom stereocenters. The highest BCUT2D eigenvalue weighted by Crippen LogP contribution is 2.18. The van der Waals surface area contributed by atoms with Gasteiger partial charge < -0.3 is 10.6 Å². The average molecular weight is 307 g/mol. The predicted octanol–water partition coefficient (Wildman–Crippen LogP) is 4.00. The maximum absolute atomic E-state index is 12.9. The highest BCUT2D eigenvalue weighted by Gasteiger charge is 2.09. The van der Waals surface area contributed by atoms with Crippen LogP contribution in [0.5, 0.6) is 0 Å². The first-order valence-electron chi connectivity index (χ1n) is 6.99. The van der Waals surface area contributed by atoms with Crippen molar-refractivity contribution in [2.45, 2.75) is 19.0 Å². The van der Waals surface area contributed by atoms with E-state index in [-0.39, 0.29) is 11.9 Å². The summed E-state index contributed by atoms with van der Waals surface area (Å²) in [4.78, 5) is 2.19. The molecule has 0 bridgehead atoms. The van der Waals surface area contributed by atoms with E-state index in [1.807, 2.05) is 31.3 Å². The molecule has 2 N–H and O–H groups in total. The van der Waals surface area contributed by atoms with Gasteiger partial charge in [-0.05, 0) is 49.3 Å². The van der Waals surface area contributed by atoms with Gasteiger partial charge in [-0.3, -0.25) is 0 Å². The molecule has 0 radical (unpaired) electrons. The van der Waals surface area contributed by atoms with Crippen molar-refractivity contribution in [3.05, 3.63) is 70.5 Å². The van der Waals surface area contributed by atoms with E-state index >= 15 is 0 Å². The molecule has 112 valence electrons. The number of halogens is 2. The van der Waals surface area contributed by atoms with Crippen LogP contribution in [-0.4, -0.2) is 18.5 Å². The maximum Gasteiger partial charge on any atom is 0.123 e. The lowest BCUT2D eigenvalue weighted by atomic mass is 10.0. The van der Waals surface area contributed by atoms with E-state index in [1.54, 1.807) is 12.1 Å². The summed E-state index contributed by atoms with van der Waals surface area (Å²) in [5.41, 5.74) is 8.21. The number of hydrogen-bond acceptors (Lipinski definition) is 2. The lowest BCUT2D eigenvalue weighted by Gasteiger charge is -2.20. The molecule has 4 heteroatoms. The van der Waals surface area contributed by atoms with Gasteiger partial charge >= 0.3 is 0 Å². The number of nitrogens with two attached hydrogens (primary N) is 1. The van der Waals surface area contributed by atoms with Gasteiger partial charge in [0.05, 0.1) is 0 Å². The van der Waals surface area contributed by atoms with Crippen molar-refractivity contribution in [1.29, 1.82) is 0 Å². The molecule has 0 spiro atoms. The molecule has 2 aromatic carbocycles. The Morgan fingerprint density at radius 1 is 1.14 bits per heavy atom. The van der Waals surface area contributed by atoms with E-state index < -0.39 is 0 Å². The molecular formula is C17H20ClFN2. The Kier molecular flexibility index (Phi) is 5.74. The summed E-state index contributed by atoms with van der Waals surface area (Å²) in [5, 5.41) is 0.784. The van der Waals surface area contributed by atoms with Crippen LogP contribution in [0.2, 0.25) is 5.02 Å². The first-order chi connectivity index (χ1) is 10.1. The number of rotatable bonds is 6. The van der Waals surface area contributed by atoms with E-state index in [0.29, 0.717) is 0 Å². The van der Waals surface area contributed by atoms with Gasteiger partial charge in [0.2, 0.25) is 0 Å². The van der Waals surface area contributed by atoms with E-state index in [1.165, 1.54) is 12.1 Å². The Bertz CT molecular complexity index is 571. The Morgan fingerprint density at radius 2 is 1.81 bits per heavy atom. The molecule has 0 aliphatic rings. The first-order valence-corrected chi connectivity index (χ1v) is 7.37. The van der Waals surface area contributed by atoms with Crippen LogP contribution < -0.4 is 5.73 Å². The molecular weight excluding hydrogens is 287 g/mol. The molecule has 0 fully saturated rings. The van der Waals surface area contributed by atoms with Gasteiger partial charge in [0.1, 0.15) is 5.82 Å². The zero-order valence-electron chi connectivity index (χ0n) is 12.1. The van der Waals surface area contributed by atoms with E-state index in [2.05, 4.69) is 4.90 Å². The minimum atomic E-state index is -0.234. The van der Waals surface area contributed by atoms with Crippen LogP contribution in [0, 0.1) is 5.82 Å². The van der Waals surface area contributed by atoms with Crippen LogP contribution in [-0.2, 0) is 6.54 Å². The lowest BCUT2D eigenvalue weighted by molar-refractivity contribution is 0.311. The maximum atomic E-state index is 12.9. The summed E-state index contributed by atoms with van der Waals surface area (Å²) in [6.45, 7) is 1.64. The molecule has 21 heavy (non-hydrogen) atoms. The van der Waals surface area contributed by atoms with Crippen LogP contribution in [0.25, 0.3) is 0 Å². The summed E-state index contributed by atoms with van der Waals surface area (Å²) >= 11 is 6.15. The molecule has 2 aromatic rings. The highest BCUT2D eigenvalue weighted by molar-refractivity contribution is 6.31. The van der Waals surface area contributed by atoms with Gasteiger partial charge in [-0.15, -0.1) is 0 Å². The summed E-state index contributed by atoms with van der Waals surface area (Å²) < 4.78 is 12.9. The molecule has 0 aliphatic heterocycles. The fourth-order valence-corrected chi connectivity index (χ4v) is 2.43. The van der Waals surface area contributed by atoms with Crippen molar-refractivity contribution in [2.75, 3.05) is 13.6 Å². The van der Waals surface area contributed by atoms with E-state index in [4.69, 9.17) is 17.3 Å². The van der Waals surface area contributed by atoms with E-state index in [0.717, 1.165) is 35.7 Å². The summed E-state index contributed by atoms with van der Waals surface area (Å²) in [6.07, 6.45) is 0.812. The molecule has 0 saturated carbocycles. The van der Waals surface area contributed by atoms with Crippen LogP contribution >= 0.6 is 11.6 Å². The van der Waals surface area contributed by atoms with Crippen molar-refractivity contribution in [1.82, 2.24) is 4.90 Å². The monoisotopic (exact) mass is 306 g/mol. The zero-order chi connectivity index (χ0) is 15.2. The highest BCUT2D eigenvalue weighted by atomic mass is 35.5.